The molecule has 1 aromatic carbocycles. The maximum absolute atomic E-state index is 12.2. The number of nitrogens with one attached hydrogen (secondary N) is 2. The van der Waals surface area contributed by atoms with Crippen LogP contribution in [0.3, 0.4) is 0 Å². The van der Waals surface area contributed by atoms with Crippen LogP contribution in [0.15, 0.2) is 41.1 Å². The summed E-state index contributed by atoms with van der Waals surface area (Å²) < 4.78 is 5.15. The first kappa shape index (κ1) is 12.7. The van der Waals surface area contributed by atoms with E-state index in [1.807, 2.05) is 19.1 Å². The van der Waals surface area contributed by atoms with E-state index in [0.717, 1.165) is 10.9 Å². The van der Waals surface area contributed by atoms with Crippen LogP contribution in [-0.2, 0) is 0 Å². The highest BCUT2D eigenvalue weighted by molar-refractivity contribution is 6.31. The van der Waals surface area contributed by atoms with Crippen molar-refractivity contribution < 1.29 is 9.21 Å². The predicted octanol–water partition coefficient (Wildman–Crippen LogP) is 3.30. The Balaban J connectivity index is 1.82. The number of fused-ring (bicyclic) bond motifs is 1. The molecular weight excluding hydrogens is 278 g/mol. The molecule has 3 aromatic rings. The van der Waals surface area contributed by atoms with Crippen LogP contribution in [0.1, 0.15) is 29.3 Å². The molecule has 3 rings (SSSR count). The van der Waals surface area contributed by atoms with Crippen LogP contribution in [0.5, 0.6) is 0 Å². The van der Waals surface area contributed by atoms with Gasteiger partial charge in [0.2, 0.25) is 5.89 Å². The number of amides is 1. The van der Waals surface area contributed by atoms with Crippen molar-refractivity contribution in [1.29, 1.82) is 0 Å². The van der Waals surface area contributed by atoms with Gasteiger partial charge in [-0.1, -0.05) is 11.6 Å². The molecule has 102 valence electrons. The van der Waals surface area contributed by atoms with Crippen LogP contribution in [0.4, 0.5) is 0 Å². The Labute approximate surface area is 120 Å². The summed E-state index contributed by atoms with van der Waals surface area (Å²) in [4.78, 5) is 19.2. The minimum absolute atomic E-state index is 0.219. The van der Waals surface area contributed by atoms with Crippen molar-refractivity contribution in [2.75, 3.05) is 0 Å². The Morgan fingerprint density at radius 1 is 1.45 bits per heavy atom. The Morgan fingerprint density at radius 3 is 3.05 bits per heavy atom. The third-order valence-electron chi connectivity index (χ3n) is 3.00. The van der Waals surface area contributed by atoms with Gasteiger partial charge in [0, 0.05) is 15.9 Å². The van der Waals surface area contributed by atoms with E-state index in [9.17, 15) is 4.79 Å². The Kier molecular flexibility index (Phi) is 3.20. The zero-order valence-electron chi connectivity index (χ0n) is 10.7. The molecule has 0 spiro atoms. The average molecular weight is 290 g/mol. The van der Waals surface area contributed by atoms with Gasteiger partial charge in [0.05, 0.1) is 6.20 Å². The van der Waals surface area contributed by atoms with E-state index in [0.29, 0.717) is 16.6 Å². The number of carbonyl (C=O) groups excluding carboxylic acids is 1. The quantitative estimate of drug-likeness (QED) is 0.777. The van der Waals surface area contributed by atoms with E-state index >= 15 is 0 Å². The highest BCUT2D eigenvalue weighted by Crippen LogP contribution is 2.20. The number of nitrogens with zero attached hydrogens (tertiary/aromatic N) is 1. The standard InChI is InChI=1S/C14H12ClN3O2/c1-8(14-16-4-5-20-14)17-13(19)12-7-9-6-10(15)2-3-11(9)18-12/h2-8,18H,1H3,(H,17,19). The van der Waals surface area contributed by atoms with Crippen LogP contribution in [0.25, 0.3) is 10.9 Å². The second-order valence-electron chi connectivity index (χ2n) is 4.48. The van der Waals surface area contributed by atoms with Gasteiger partial charge in [-0.3, -0.25) is 4.79 Å². The summed E-state index contributed by atoms with van der Waals surface area (Å²) in [5.41, 5.74) is 1.34. The average Bonchev–Trinajstić information content (AvgIpc) is 3.07. The topological polar surface area (TPSA) is 70.9 Å². The molecule has 0 aliphatic carbocycles. The molecule has 0 bridgehead atoms. The number of aromatic nitrogens is 2. The Morgan fingerprint density at radius 2 is 2.30 bits per heavy atom. The molecule has 2 aromatic heterocycles. The molecule has 0 radical (unpaired) electrons. The second-order valence-corrected chi connectivity index (χ2v) is 4.92. The van der Waals surface area contributed by atoms with Crippen molar-refractivity contribution in [2.24, 2.45) is 0 Å². The van der Waals surface area contributed by atoms with E-state index in [4.69, 9.17) is 16.0 Å². The lowest BCUT2D eigenvalue weighted by Gasteiger charge is -2.08. The Bertz CT molecular complexity index is 749. The van der Waals surface area contributed by atoms with Gasteiger partial charge in [-0.25, -0.2) is 4.98 Å². The molecule has 0 saturated carbocycles. The number of hydrogen-bond acceptors (Lipinski definition) is 3. The van der Waals surface area contributed by atoms with Crippen molar-refractivity contribution in [3.8, 4) is 0 Å². The lowest BCUT2D eigenvalue weighted by atomic mass is 10.2. The first-order chi connectivity index (χ1) is 9.63. The molecule has 0 aliphatic rings. The fourth-order valence-corrected chi connectivity index (χ4v) is 2.19. The smallest absolute Gasteiger partial charge is 0.268 e. The van der Waals surface area contributed by atoms with Gasteiger partial charge in [-0.15, -0.1) is 0 Å². The van der Waals surface area contributed by atoms with E-state index in [1.54, 1.807) is 18.3 Å². The van der Waals surface area contributed by atoms with Crippen molar-refractivity contribution in [2.45, 2.75) is 13.0 Å². The van der Waals surface area contributed by atoms with Gasteiger partial charge >= 0.3 is 0 Å². The molecule has 0 saturated heterocycles. The summed E-state index contributed by atoms with van der Waals surface area (Å²) in [6.45, 7) is 1.81. The number of carbonyl (C=O) groups is 1. The van der Waals surface area contributed by atoms with E-state index in [2.05, 4.69) is 15.3 Å². The fourth-order valence-electron chi connectivity index (χ4n) is 2.01. The molecule has 6 heteroatoms. The monoisotopic (exact) mass is 289 g/mol. The number of benzene rings is 1. The van der Waals surface area contributed by atoms with E-state index in [1.165, 1.54) is 6.26 Å². The van der Waals surface area contributed by atoms with Gasteiger partial charge in [-0.05, 0) is 31.2 Å². The molecule has 2 N–H and O–H groups in total. The van der Waals surface area contributed by atoms with Gasteiger partial charge in [0.25, 0.3) is 5.91 Å². The van der Waals surface area contributed by atoms with Crippen LogP contribution in [-0.4, -0.2) is 15.9 Å². The highest BCUT2D eigenvalue weighted by Gasteiger charge is 2.16. The molecular formula is C14H12ClN3O2. The maximum atomic E-state index is 12.2. The highest BCUT2D eigenvalue weighted by atomic mass is 35.5. The summed E-state index contributed by atoms with van der Waals surface area (Å²) in [6.07, 6.45) is 3.02. The lowest BCUT2D eigenvalue weighted by molar-refractivity contribution is 0.0930. The number of oxazole rings is 1. The van der Waals surface area contributed by atoms with Crippen LogP contribution < -0.4 is 5.32 Å². The van der Waals surface area contributed by atoms with Crippen molar-refractivity contribution in [3.05, 3.63) is 53.3 Å². The van der Waals surface area contributed by atoms with Gasteiger partial charge < -0.3 is 14.7 Å². The summed E-state index contributed by atoms with van der Waals surface area (Å²) in [6, 6.07) is 6.89. The first-order valence-corrected chi connectivity index (χ1v) is 6.50. The number of aromatic amines is 1. The molecule has 1 amide bonds. The predicted molar refractivity (Wildman–Crippen MR) is 75.7 cm³/mol. The molecule has 5 nitrogen and oxygen atoms in total. The van der Waals surface area contributed by atoms with Gasteiger partial charge in [-0.2, -0.15) is 0 Å². The third-order valence-corrected chi connectivity index (χ3v) is 3.23. The van der Waals surface area contributed by atoms with Crippen LogP contribution >= 0.6 is 11.6 Å². The van der Waals surface area contributed by atoms with E-state index in [-0.39, 0.29) is 11.9 Å². The van der Waals surface area contributed by atoms with Gasteiger partial charge in [0.1, 0.15) is 18.0 Å². The summed E-state index contributed by atoms with van der Waals surface area (Å²) in [7, 11) is 0. The Hall–Kier alpha value is -2.27. The summed E-state index contributed by atoms with van der Waals surface area (Å²) in [5.74, 6) is 0.250. The summed E-state index contributed by atoms with van der Waals surface area (Å²) >= 11 is 5.92. The number of halogens is 1. The lowest BCUT2D eigenvalue weighted by Crippen LogP contribution is -2.27. The van der Waals surface area contributed by atoms with Crippen molar-refractivity contribution >= 4 is 28.4 Å². The molecule has 20 heavy (non-hydrogen) atoms. The normalized spacial score (nSPS) is 12.5. The van der Waals surface area contributed by atoms with E-state index < -0.39 is 0 Å². The van der Waals surface area contributed by atoms with Crippen molar-refractivity contribution in [1.82, 2.24) is 15.3 Å². The van der Waals surface area contributed by atoms with Crippen molar-refractivity contribution in [3.63, 3.8) is 0 Å². The molecule has 2 heterocycles. The molecule has 1 atom stereocenters. The fraction of sp³-hybridized carbons (Fsp3) is 0.143. The maximum Gasteiger partial charge on any atom is 0.268 e. The summed E-state index contributed by atoms with van der Waals surface area (Å²) in [5, 5.41) is 4.35. The van der Waals surface area contributed by atoms with Crippen LogP contribution in [0.2, 0.25) is 5.02 Å². The SMILES string of the molecule is CC(NC(=O)c1cc2cc(Cl)ccc2[nH]1)c1ncco1. The largest absolute Gasteiger partial charge is 0.447 e. The third kappa shape index (κ3) is 2.40. The zero-order chi connectivity index (χ0) is 14.1. The molecule has 1 unspecified atom stereocenters. The number of rotatable bonds is 3. The minimum atomic E-state index is -0.299. The number of hydrogen-bond donors (Lipinski definition) is 2. The first-order valence-electron chi connectivity index (χ1n) is 6.12. The number of H-pyrrole nitrogens is 1. The van der Waals surface area contributed by atoms with Crippen LogP contribution in [0, 0.1) is 0 Å². The molecule has 0 aliphatic heterocycles. The second kappa shape index (κ2) is 5.02. The zero-order valence-corrected chi connectivity index (χ0v) is 11.4. The minimum Gasteiger partial charge on any atom is -0.447 e. The van der Waals surface area contributed by atoms with Gasteiger partial charge in [0.15, 0.2) is 0 Å². The molecule has 0 fully saturated rings.